The number of carbonyl (C=O) groups is 6. The highest BCUT2D eigenvalue weighted by Crippen LogP contribution is 2.45. The third kappa shape index (κ3) is 18.9. The lowest BCUT2D eigenvalue weighted by Crippen LogP contribution is -2.61. The Morgan fingerprint density at radius 2 is 1.51 bits per heavy atom. The summed E-state index contributed by atoms with van der Waals surface area (Å²) >= 11 is 0. The van der Waals surface area contributed by atoms with Gasteiger partial charge in [-0.2, -0.15) is 0 Å². The first kappa shape index (κ1) is 54.6. The maximum absolute atomic E-state index is 14.1. The molecule has 22 heteroatoms. The third-order valence-corrected chi connectivity index (χ3v) is 12.0. The molecule has 21 nitrogen and oxygen atoms in total. The molecule has 1 saturated heterocycles. The predicted octanol–water partition coefficient (Wildman–Crippen LogP) is 0.358. The Morgan fingerprint density at radius 3 is 2.14 bits per heavy atom. The minimum atomic E-state index is -4.97. The number of aliphatic hydroxyl groups excluding tert-OH is 3. The van der Waals surface area contributed by atoms with E-state index in [4.69, 9.17) is 15.4 Å². The van der Waals surface area contributed by atoms with Crippen molar-refractivity contribution in [2.45, 2.75) is 147 Å². The largest absolute Gasteiger partial charge is 0.472 e. The molecule has 1 aromatic heterocycles. The molecule has 1 unspecified atom stereocenters. The van der Waals surface area contributed by atoms with Crippen LogP contribution in [0.4, 0.5) is 0 Å². The zero-order chi connectivity index (χ0) is 48.1. The summed E-state index contributed by atoms with van der Waals surface area (Å²) in [5.41, 5.74) is 7.34. The summed E-state index contributed by atoms with van der Waals surface area (Å²) in [5, 5.41) is 38.8. The summed E-state index contributed by atoms with van der Waals surface area (Å²) in [6, 6.07) is 3.48. The molecular weight excluding hydrogens is 867 g/mol. The lowest BCUT2D eigenvalue weighted by atomic mass is 10.0. The summed E-state index contributed by atoms with van der Waals surface area (Å²) in [7, 11) is -4.97. The average Bonchev–Trinajstić information content (AvgIpc) is 3.94. The summed E-state index contributed by atoms with van der Waals surface area (Å²) < 4.78 is 23.8. The molecule has 0 saturated carbocycles. The molecule has 0 radical (unpaired) electrons. The third-order valence-electron chi connectivity index (χ3n) is 10.9. The zero-order valence-electron chi connectivity index (χ0n) is 37.8. The first-order valence-corrected chi connectivity index (χ1v) is 23.7. The smallest absolute Gasteiger partial charge is 0.394 e. The van der Waals surface area contributed by atoms with Crippen LogP contribution in [0.25, 0.3) is 0 Å². The Balaban J connectivity index is 1.77. The molecule has 8 atom stereocenters. The fraction of sp³-hybridized carbons (Fsp3) is 0.651. The van der Waals surface area contributed by atoms with Crippen LogP contribution in [-0.2, 0) is 61.8 Å². The number of benzene rings is 1. The minimum absolute atomic E-state index is 0.0958. The van der Waals surface area contributed by atoms with Crippen molar-refractivity contribution in [3.63, 3.8) is 0 Å². The number of nitrogens with zero attached hydrogens (tertiary/aromatic N) is 3. The number of amides is 6. The number of aliphatic hydroxyl groups is 3. The van der Waals surface area contributed by atoms with Gasteiger partial charge in [-0.05, 0) is 56.9 Å². The number of aromatic nitrogens is 2. The van der Waals surface area contributed by atoms with E-state index in [0.717, 1.165) is 51.9 Å². The Bertz CT molecular complexity index is 1890. The molecule has 10 N–H and O–H groups in total. The number of carbonyl (C=O) groups excluding carboxylic acids is 6. The van der Waals surface area contributed by atoms with Crippen LogP contribution in [-0.4, -0.2) is 139 Å². The summed E-state index contributed by atoms with van der Waals surface area (Å²) in [6.45, 7) is 4.53. The van der Waals surface area contributed by atoms with Gasteiger partial charge < -0.3 is 56.7 Å². The number of phosphoric ester groups is 1. The second-order valence-corrected chi connectivity index (χ2v) is 18.2. The number of phosphoric acid groups is 1. The average molecular weight is 937 g/mol. The van der Waals surface area contributed by atoms with Crippen molar-refractivity contribution >= 4 is 43.3 Å². The fourth-order valence-corrected chi connectivity index (χ4v) is 8.40. The Hall–Kier alpha value is -4.76. The van der Waals surface area contributed by atoms with Crippen molar-refractivity contribution in [1.82, 2.24) is 35.7 Å². The van der Waals surface area contributed by atoms with Gasteiger partial charge in [-0.25, -0.2) is 9.55 Å². The lowest BCUT2D eigenvalue weighted by Gasteiger charge is -2.29. The molecular formula is C43H69N8O13P. The van der Waals surface area contributed by atoms with Gasteiger partial charge in [0.2, 0.25) is 35.4 Å². The molecule has 6 amide bonds. The van der Waals surface area contributed by atoms with Crippen LogP contribution in [0, 0.1) is 5.92 Å². The van der Waals surface area contributed by atoms with Crippen molar-refractivity contribution in [2.24, 2.45) is 11.7 Å². The molecule has 1 aliphatic heterocycles. The molecule has 0 bridgehead atoms. The lowest BCUT2D eigenvalue weighted by molar-refractivity contribution is -0.139. The van der Waals surface area contributed by atoms with Crippen LogP contribution in [0.15, 0.2) is 42.9 Å². The van der Waals surface area contributed by atoms with Crippen LogP contribution >= 0.6 is 7.82 Å². The maximum Gasteiger partial charge on any atom is 0.472 e. The van der Waals surface area contributed by atoms with Gasteiger partial charge >= 0.3 is 7.82 Å². The number of hydrogen-bond acceptors (Lipinski definition) is 13. The maximum atomic E-state index is 14.1. The zero-order valence-corrected chi connectivity index (χ0v) is 38.7. The molecule has 65 heavy (non-hydrogen) atoms. The van der Waals surface area contributed by atoms with Crippen LogP contribution in [0.1, 0.15) is 96.7 Å². The van der Waals surface area contributed by atoms with E-state index in [1.807, 2.05) is 36.6 Å². The second kappa shape index (κ2) is 27.7. The molecule has 1 aromatic carbocycles. The highest BCUT2D eigenvalue weighted by atomic mass is 31.2. The van der Waals surface area contributed by atoms with Crippen LogP contribution in [0.5, 0.6) is 0 Å². The van der Waals surface area contributed by atoms with Crippen LogP contribution < -0.4 is 27.0 Å². The molecule has 0 aliphatic carbocycles. The van der Waals surface area contributed by atoms with Gasteiger partial charge in [-0.3, -0.25) is 37.8 Å². The van der Waals surface area contributed by atoms with Crippen LogP contribution in [0.2, 0.25) is 0 Å². The van der Waals surface area contributed by atoms with Gasteiger partial charge in [0.1, 0.15) is 36.3 Å². The summed E-state index contributed by atoms with van der Waals surface area (Å²) in [6.07, 6.45) is 8.19. The van der Waals surface area contributed by atoms with Crippen molar-refractivity contribution in [3.05, 3.63) is 54.1 Å². The molecule has 364 valence electrons. The van der Waals surface area contributed by atoms with Gasteiger partial charge in [0.05, 0.1) is 32.3 Å². The standard InChI is InChI=1S/C43H69N8O13P/c1-28(2)21-34(47-43(60)37-18-14-20-51(37)30(4)54)40(57)46-35(22-32-23-45-27-50(32)19-13-8-6-5-7-10-15-31-16-11-9-12-17-31)41(58)48-36(25-53)42(59)49-38(39(44)56)29(3)64-65(61,62)63-26-33(55)24-52/h9,11-12,16-17,23,27-29,33-38,52-53,55H,5-8,10,13-15,18-22,24-26H2,1-4H3,(H2,44,56)(H,46,57)(H,47,60)(H,48,58)(H,49,59)(H,61,62)/t29-,33-,34+,35+,36+,37+,38+/m1/s1. The minimum Gasteiger partial charge on any atom is -0.394 e. The summed E-state index contributed by atoms with van der Waals surface area (Å²) in [4.78, 5) is 95.6. The number of aryl methyl sites for hydroxylation is 2. The number of nitrogens with two attached hydrogens (primary N) is 1. The van der Waals surface area contributed by atoms with E-state index in [-0.39, 0.29) is 24.7 Å². The van der Waals surface area contributed by atoms with Gasteiger partial charge in [-0.1, -0.05) is 69.9 Å². The number of primary amides is 1. The second-order valence-electron chi connectivity index (χ2n) is 16.8. The van der Waals surface area contributed by atoms with E-state index in [9.17, 15) is 48.4 Å². The van der Waals surface area contributed by atoms with E-state index in [1.165, 1.54) is 17.4 Å². The number of imidazole rings is 1. The van der Waals surface area contributed by atoms with Gasteiger partial charge in [-0.15, -0.1) is 0 Å². The SMILES string of the molecule is CC(=O)N1CCC[C@H]1C(=O)N[C@@H](CC(C)C)C(=O)N[C@@H](Cc1cncn1CCCCCCCCc1ccccc1)C(=O)N[C@@H](CO)C(=O)N[C@H](C(N)=O)[C@@H](C)OP(=O)(O)OC[C@H](O)CO. The molecule has 1 aliphatic rings. The highest BCUT2D eigenvalue weighted by molar-refractivity contribution is 7.47. The van der Waals surface area contributed by atoms with Crippen molar-refractivity contribution in [1.29, 1.82) is 0 Å². The molecule has 2 aromatic rings. The topological polar surface area (TPSA) is 314 Å². The van der Waals surface area contributed by atoms with Crippen molar-refractivity contribution in [3.8, 4) is 0 Å². The number of unbranched alkanes of at least 4 members (excludes halogenated alkanes) is 5. The Morgan fingerprint density at radius 1 is 0.877 bits per heavy atom. The Kier molecular flexibility index (Phi) is 23.2. The first-order chi connectivity index (χ1) is 30.8. The van der Waals surface area contributed by atoms with Gasteiger partial charge in [0.15, 0.2) is 0 Å². The monoisotopic (exact) mass is 936 g/mol. The normalized spacial score (nSPS) is 17.6. The molecule has 2 heterocycles. The highest BCUT2D eigenvalue weighted by Gasteiger charge is 2.38. The molecule has 3 rings (SSSR count). The van der Waals surface area contributed by atoms with Gasteiger partial charge in [0.25, 0.3) is 0 Å². The Labute approximate surface area is 380 Å². The van der Waals surface area contributed by atoms with E-state index in [1.54, 1.807) is 12.5 Å². The predicted molar refractivity (Wildman–Crippen MR) is 237 cm³/mol. The van der Waals surface area contributed by atoms with E-state index in [0.29, 0.717) is 31.6 Å². The van der Waals surface area contributed by atoms with E-state index < -0.39 is 99.6 Å². The molecule has 0 spiro atoms. The fourth-order valence-electron chi connectivity index (χ4n) is 7.43. The van der Waals surface area contributed by atoms with Crippen molar-refractivity contribution in [2.75, 3.05) is 26.4 Å². The van der Waals surface area contributed by atoms with Gasteiger partial charge in [0, 0.05) is 38.3 Å². The number of rotatable bonds is 30. The van der Waals surface area contributed by atoms with Crippen LogP contribution in [0.3, 0.4) is 0 Å². The molecule has 1 fully saturated rings. The van der Waals surface area contributed by atoms with Crippen molar-refractivity contribution < 1.29 is 62.6 Å². The number of hydrogen-bond donors (Lipinski definition) is 9. The van der Waals surface area contributed by atoms with E-state index in [2.05, 4.69) is 42.9 Å². The quantitative estimate of drug-likeness (QED) is 0.0378. The van der Waals surface area contributed by atoms with E-state index >= 15 is 0 Å². The first-order valence-electron chi connectivity index (χ1n) is 22.2. The summed E-state index contributed by atoms with van der Waals surface area (Å²) in [5.74, 6) is -4.92. The number of likely N-dealkylation sites (tertiary alicyclic amines) is 1. The number of nitrogens with one attached hydrogen (secondary N) is 4.